The van der Waals surface area contributed by atoms with Crippen molar-refractivity contribution in [3.63, 3.8) is 0 Å². The van der Waals surface area contributed by atoms with Crippen molar-refractivity contribution in [1.29, 1.82) is 0 Å². The molecule has 1 aromatic heterocycles. The van der Waals surface area contributed by atoms with Gasteiger partial charge in [-0.1, -0.05) is 23.8 Å². The molecule has 156 valence electrons. The first kappa shape index (κ1) is 20.0. The third kappa shape index (κ3) is 3.41. The molecule has 0 unspecified atom stereocenters. The maximum absolute atomic E-state index is 13.2. The van der Waals surface area contributed by atoms with Crippen molar-refractivity contribution in [2.45, 2.75) is 19.9 Å². The Morgan fingerprint density at radius 1 is 1.20 bits per heavy atom. The number of rotatable bonds is 7. The van der Waals surface area contributed by atoms with Gasteiger partial charge in [0, 0.05) is 24.8 Å². The Bertz CT molecular complexity index is 1060. The minimum Gasteiger partial charge on any atom is -0.507 e. The molecule has 2 heterocycles. The van der Waals surface area contributed by atoms with E-state index in [1.54, 1.807) is 18.1 Å². The van der Waals surface area contributed by atoms with Crippen LogP contribution in [-0.4, -0.2) is 53.0 Å². The third-order valence-corrected chi connectivity index (χ3v) is 5.31. The van der Waals surface area contributed by atoms with E-state index < -0.39 is 0 Å². The summed E-state index contributed by atoms with van der Waals surface area (Å²) >= 11 is 0. The molecule has 1 aliphatic heterocycles. The topological polar surface area (TPSA) is 87.7 Å². The largest absolute Gasteiger partial charge is 0.507 e. The van der Waals surface area contributed by atoms with Gasteiger partial charge in [0.1, 0.15) is 22.9 Å². The SMILES string of the molecule is CCOc1ccc([C@H]2c3c(-c4cc(C)ccc4O)n[nH]c3C(=O)N2CCOC)cc1. The lowest BCUT2D eigenvalue weighted by Crippen LogP contribution is -2.32. The van der Waals surface area contributed by atoms with E-state index in [0.717, 1.165) is 22.4 Å². The van der Waals surface area contributed by atoms with Gasteiger partial charge in [0.2, 0.25) is 0 Å². The van der Waals surface area contributed by atoms with Crippen LogP contribution in [0.4, 0.5) is 0 Å². The highest BCUT2D eigenvalue weighted by atomic mass is 16.5. The molecule has 0 fully saturated rings. The number of nitrogens with one attached hydrogen (secondary N) is 1. The van der Waals surface area contributed by atoms with E-state index in [9.17, 15) is 9.90 Å². The number of aryl methyl sites for hydroxylation is 1. The number of carbonyl (C=O) groups is 1. The zero-order valence-electron chi connectivity index (χ0n) is 17.3. The smallest absolute Gasteiger partial charge is 0.273 e. The van der Waals surface area contributed by atoms with Gasteiger partial charge in [0.25, 0.3) is 5.91 Å². The monoisotopic (exact) mass is 407 g/mol. The van der Waals surface area contributed by atoms with Crippen LogP contribution in [0.25, 0.3) is 11.3 Å². The predicted octanol–water partition coefficient (Wildman–Crippen LogP) is 3.68. The minimum absolute atomic E-state index is 0.128. The summed E-state index contributed by atoms with van der Waals surface area (Å²) in [6.45, 7) is 5.34. The lowest BCUT2D eigenvalue weighted by Gasteiger charge is -2.26. The molecule has 0 saturated carbocycles. The number of amides is 1. The van der Waals surface area contributed by atoms with Crippen LogP contribution >= 0.6 is 0 Å². The summed E-state index contributed by atoms with van der Waals surface area (Å²) in [6.07, 6.45) is 0. The second-order valence-electron chi connectivity index (χ2n) is 7.28. The summed E-state index contributed by atoms with van der Waals surface area (Å²) in [5, 5.41) is 17.8. The number of H-pyrrole nitrogens is 1. The Hall–Kier alpha value is -3.32. The maximum atomic E-state index is 13.2. The summed E-state index contributed by atoms with van der Waals surface area (Å²) < 4.78 is 10.8. The van der Waals surface area contributed by atoms with E-state index in [4.69, 9.17) is 9.47 Å². The molecule has 3 aromatic rings. The van der Waals surface area contributed by atoms with Gasteiger partial charge in [-0.2, -0.15) is 5.10 Å². The number of aromatic hydroxyl groups is 1. The summed E-state index contributed by atoms with van der Waals surface area (Å²) in [6, 6.07) is 12.8. The molecule has 1 atom stereocenters. The van der Waals surface area contributed by atoms with Crippen molar-refractivity contribution in [2.75, 3.05) is 26.9 Å². The number of aromatic nitrogens is 2. The van der Waals surface area contributed by atoms with Crippen LogP contribution in [0.1, 0.15) is 40.1 Å². The first-order valence-electron chi connectivity index (χ1n) is 9.96. The lowest BCUT2D eigenvalue weighted by atomic mass is 9.95. The number of hydrogen-bond donors (Lipinski definition) is 2. The fraction of sp³-hybridized carbons (Fsp3) is 0.304. The zero-order valence-corrected chi connectivity index (χ0v) is 17.3. The van der Waals surface area contributed by atoms with E-state index in [-0.39, 0.29) is 17.7 Å². The summed E-state index contributed by atoms with van der Waals surface area (Å²) in [7, 11) is 1.61. The van der Waals surface area contributed by atoms with Crippen LogP contribution in [0.3, 0.4) is 0 Å². The molecular weight excluding hydrogens is 382 g/mol. The van der Waals surface area contributed by atoms with Gasteiger partial charge in [0.05, 0.1) is 19.3 Å². The molecule has 30 heavy (non-hydrogen) atoms. The van der Waals surface area contributed by atoms with Gasteiger partial charge in [0.15, 0.2) is 0 Å². The molecule has 0 bridgehead atoms. The van der Waals surface area contributed by atoms with Crippen LogP contribution in [0.15, 0.2) is 42.5 Å². The van der Waals surface area contributed by atoms with E-state index in [2.05, 4.69) is 10.2 Å². The van der Waals surface area contributed by atoms with E-state index in [1.807, 2.05) is 50.2 Å². The molecule has 0 radical (unpaired) electrons. The van der Waals surface area contributed by atoms with Crippen molar-refractivity contribution >= 4 is 5.91 Å². The van der Waals surface area contributed by atoms with Gasteiger partial charge >= 0.3 is 0 Å². The summed E-state index contributed by atoms with van der Waals surface area (Å²) in [5.41, 5.74) is 4.33. The van der Waals surface area contributed by atoms with Gasteiger partial charge in [-0.25, -0.2) is 0 Å². The number of phenols is 1. The standard InChI is InChI=1S/C23H25N3O4/c1-4-30-16-8-6-15(7-9-16)22-19-20(17-13-14(2)5-10-18(17)27)24-25-21(19)23(28)26(22)11-12-29-3/h5-10,13,22,27H,4,11-12H2,1-3H3,(H,24,25)/t22-/m0/s1. The van der Waals surface area contributed by atoms with Crippen LogP contribution in [-0.2, 0) is 4.74 Å². The highest BCUT2D eigenvalue weighted by molar-refractivity contribution is 6.00. The number of carbonyl (C=O) groups excluding carboxylic acids is 1. The Morgan fingerprint density at radius 3 is 2.67 bits per heavy atom. The second-order valence-corrected chi connectivity index (χ2v) is 7.28. The number of ether oxygens (including phenoxy) is 2. The zero-order chi connectivity index (χ0) is 21.3. The molecule has 2 N–H and O–H groups in total. The van der Waals surface area contributed by atoms with E-state index in [1.165, 1.54) is 0 Å². The first-order chi connectivity index (χ1) is 14.5. The fourth-order valence-corrected chi connectivity index (χ4v) is 3.92. The molecule has 1 aliphatic rings. The van der Waals surface area contributed by atoms with Crippen LogP contribution < -0.4 is 4.74 Å². The van der Waals surface area contributed by atoms with Gasteiger partial charge in [-0.3, -0.25) is 9.89 Å². The van der Waals surface area contributed by atoms with Crippen molar-refractivity contribution in [3.8, 4) is 22.8 Å². The average molecular weight is 407 g/mol. The number of benzene rings is 2. The van der Waals surface area contributed by atoms with Crippen molar-refractivity contribution in [2.24, 2.45) is 0 Å². The van der Waals surface area contributed by atoms with Crippen molar-refractivity contribution in [3.05, 3.63) is 64.8 Å². The Labute approximate surface area is 175 Å². The summed E-state index contributed by atoms with van der Waals surface area (Å²) in [5.74, 6) is 0.771. The minimum atomic E-state index is -0.341. The number of hydrogen-bond acceptors (Lipinski definition) is 5. The highest BCUT2D eigenvalue weighted by Gasteiger charge is 2.42. The molecule has 0 saturated heterocycles. The molecule has 0 aliphatic carbocycles. The Balaban J connectivity index is 1.84. The number of phenolic OH excluding ortho intramolecular Hbond substituents is 1. The van der Waals surface area contributed by atoms with Gasteiger partial charge in [-0.15, -0.1) is 0 Å². The number of aromatic amines is 1. The third-order valence-electron chi connectivity index (χ3n) is 5.31. The van der Waals surface area contributed by atoms with Gasteiger partial charge in [-0.05, 0) is 43.7 Å². The predicted molar refractivity (Wildman–Crippen MR) is 113 cm³/mol. The molecule has 7 heteroatoms. The quantitative estimate of drug-likeness (QED) is 0.624. The lowest BCUT2D eigenvalue weighted by molar-refractivity contribution is 0.0677. The normalized spacial score (nSPS) is 15.5. The Kier molecular flexibility index (Phi) is 5.46. The number of nitrogens with zero attached hydrogens (tertiary/aromatic N) is 2. The molecule has 7 nitrogen and oxygen atoms in total. The van der Waals surface area contributed by atoms with Crippen LogP contribution in [0.5, 0.6) is 11.5 Å². The van der Waals surface area contributed by atoms with Crippen LogP contribution in [0, 0.1) is 6.92 Å². The molecule has 4 rings (SSSR count). The maximum Gasteiger partial charge on any atom is 0.273 e. The van der Waals surface area contributed by atoms with Crippen LogP contribution in [0.2, 0.25) is 0 Å². The highest BCUT2D eigenvalue weighted by Crippen LogP contribution is 2.44. The second kappa shape index (κ2) is 8.20. The number of methoxy groups -OCH3 is 1. The van der Waals surface area contributed by atoms with Gasteiger partial charge < -0.3 is 19.5 Å². The van der Waals surface area contributed by atoms with Crippen molar-refractivity contribution < 1.29 is 19.4 Å². The fourth-order valence-electron chi connectivity index (χ4n) is 3.92. The Morgan fingerprint density at radius 2 is 1.97 bits per heavy atom. The van der Waals surface area contributed by atoms with E-state index >= 15 is 0 Å². The number of fused-ring (bicyclic) bond motifs is 1. The first-order valence-corrected chi connectivity index (χ1v) is 9.96. The van der Waals surface area contributed by atoms with E-state index in [0.29, 0.717) is 36.7 Å². The molecule has 1 amide bonds. The average Bonchev–Trinajstić information content (AvgIpc) is 3.28. The molecule has 0 spiro atoms. The summed E-state index contributed by atoms with van der Waals surface area (Å²) in [4.78, 5) is 14.9. The van der Waals surface area contributed by atoms with Crippen molar-refractivity contribution in [1.82, 2.24) is 15.1 Å². The molecular formula is C23H25N3O4. The molecule has 2 aromatic carbocycles.